The Balaban J connectivity index is 2.64. The van der Waals surface area contributed by atoms with Crippen LogP contribution in [-0.4, -0.2) is 25.1 Å². The van der Waals surface area contributed by atoms with Gasteiger partial charge in [-0.15, -0.1) is 0 Å². The minimum absolute atomic E-state index is 0.135. The molecule has 0 radical (unpaired) electrons. The topological polar surface area (TPSA) is 50.4 Å². The van der Waals surface area contributed by atoms with Crippen molar-refractivity contribution in [3.63, 3.8) is 0 Å². The Morgan fingerprint density at radius 1 is 1.42 bits per heavy atom. The van der Waals surface area contributed by atoms with Gasteiger partial charge in [0.2, 0.25) is 5.91 Å². The van der Waals surface area contributed by atoms with Gasteiger partial charge in [-0.1, -0.05) is 6.07 Å². The molecule has 0 spiro atoms. The quantitative estimate of drug-likeness (QED) is 0.827. The number of carbonyl (C=O) groups excluding carboxylic acids is 1. The summed E-state index contributed by atoms with van der Waals surface area (Å²) in [5.41, 5.74) is 0.0466. The molecule has 1 aromatic rings. The van der Waals surface area contributed by atoms with Crippen molar-refractivity contribution in [3.05, 3.63) is 29.6 Å². The number of amides is 1. The first-order chi connectivity index (χ1) is 8.90. The second-order valence-electron chi connectivity index (χ2n) is 4.76. The molecule has 0 saturated carbocycles. The van der Waals surface area contributed by atoms with Crippen LogP contribution in [0.5, 0.6) is 5.75 Å². The van der Waals surface area contributed by atoms with Crippen molar-refractivity contribution in [2.24, 2.45) is 0 Å². The minimum atomic E-state index is -0.649. The van der Waals surface area contributed by atoms with Gasteiger partial charge in [0.25, 0.3) is 0 Å². The van der Waals surface area contributed by atoms with E-state index < -0.39 is 11.4 Å². The lowest BCUT2D eigenvalue weighted by Gasteiger charge is -2.22. The Labute approximate surface area is 113 Å². The monoisotopic (exact) mass is 268 g/mol. The van der Waals surface area contributed by atoms with Crippen LogP contribution in [0.1, 0.15) is 26.3 Å². The summed E-state index contributed by atoms with van der Waals surface area (Å²) in [7, 11) is 1.72. The highest BCUT2D eigenvalue weighted by atomic mass is 19.1. The van der Waals surface area contributed by atoms with Crippen LogP contribution in [0.4, 0.5) is 4.39 Å². The summed E-state index contributed by atoms with van der Waals surface area (Å²) in [6.07, 6.45) is 0. The van der Waals surface area contributed by atoms with Gasteiger partial charge in [-0.3, -0.25) is 4.79 Å². The van der Waals surface area contributed by atoms with Gasteiger partial charge >= 0.3 is 0 Å². The van der Waals surface area contributed by atoms with E-state index in [1.54, 1.807) is 40.0 Å². The number of halogens is 1. The first-order valence-electron chi connectivity index (χ1n) is 6.29. The lowest BCUT2D eigenvalue weighted by atomic mass is 10.1. The van der Waals surface area contributed by atoms with E-state index in [9.17, 15) is 9.18 Å². The maximum Gasteiger partial charge on any atom is 0.239 e. The third kappa shape index (κ3) is 4.21. The predicted octanol–water partition coefficient (Wildman–Crippen LogP) is 1.84. The summed E-state index contributed by atoms with van der Waals surface area (Å²) in [5.74, 6) is -0.320. The molecule has 0 aromatic heterocycles. The first-order valence-corrected chi connectivity index (χ1v) is 6.29. The molecular formula is C14H21FN2O2. The number of hydrogen-bond acceptors (Lipinski definition) is 3. The fourth-order valence-electron chi connectivity index (χ4n) is 1.44. The highest BCUT2D eigenvalue weighted by Crippen LogP contribution is 2.18. The van der Waals surface area contributed by atoms with Crippen LogP contribution in [0, 0.1) is 5.82 Å². The van der Waals surface area contributed by atoms with Crippen LogP contribution < -0.4 is 15.4 Å². The van der Waals surface area contributed by atoms with Gasteiger partial charge in [0.1, 0.15) is 0 Å². The molecule has 0 bridgehead atoms. The van der Waals surface area contributed by atoms with E-state index in [4.69, 9.17) is 4.74 Å². The Morgan fingerprint density at radius 2 is 2.11 bits per heavy atom. The van der Waals surface area contributed by atoms with Gasteiger partial charge in [-0.25, -0.2) is 4.39 Å². The number of hydrogen-bond donors (Lipinski definition) is 2. The van der Waals surface area contributed by atoms with Gasteiger partial charge in [0.05, 0.1) is 12.1 Å². The standard InChI is InChI=1S/C14H21FN2O2/c1-5-19-12-7-6-10(8-11(12)15)9-17-13(18)14(2,3)16-4/h6-8,16H,5,9H2,1-4H3,(H,17,18). The Morgan fingerprint density at radius 3 is 2.63 bits per heavy atom. The average Bonchev–Trinajstić information content (AvgIpc) is 2.39. The van der Waals surface area contributed by atoms with Crippen molar-refractivity contribution < 1.29 is 13.9 Å². The number of benzene rings is 1. The fraction of sp³-hybridized carbons (Fsp3) is 0.500. The number of likely N-dealkylation sites (N-methyl/N-ethyl adjacent to an activating group) is 1. The first kappa shape index (κ1) is 15.4. The molecule has 0 aliphatic rings. The zero-order valence-corrected chi connectivity index (χ0v) is 11.8. The van der Waals surface area contributed by atoms with Crippen LogP contribution in [0.3, 0.4) is 0 Å². The van der Waals surface area contributed by atoms with Crippen molar-refractivity contribution in [1.82, 2.24) is 10.6 Å². The molecule has 0 fully saturated rings. The average molecular weight is 268 g/mol. The molecule has 2 N–H and O–H groups in total. The molecule has 106 valence electrons. The molecule has 1 amide bonds. The zero-order valence-electron chi connectivity index (χ0n) is 11.8. The van der Waals surface area contributed by atoms with Crippen LogP contribution in [0.2, 0.25) is 0 Å². The van der Waals surface area contributed by atoms with E-state index in [0.717, 1.165) is 0 Å². The van der Waals surface area contributed by atoms with E-state index in [1.165, 1.54) is 6.07 Å². The molecule has 0 aliphatic heterocycles. The molecule has 0 saturated heterocycles. The fourth-order valence-corrected chi connectivity index (χ4v) is 1.44. The van der Waals surface area contributed by atoms with Gasteiger partial charge in [0, 0.05) is 6.54 Å². The van der Waals surface area contributed by atoms with Gasteiger partial charge < -0.3 is 15.4 Å². The van der Waals surface area contributed by atoms with Crippen molar-refractivity contribution in [3.8, 4) is 5.75 Å². The second kappa shape index (κ2) is 6.52. The summed E-state index contributed by atoms with van der Waals surface area (Å²) in [5, 5.41) is 5.67. The highest BCUT2D eigenvalue weighted by molar-refractivity contribution is 5.85. The molecule has 1 aromatic carbocycles. The van der Waals surface area contributed by atoms with Crippen molar-refractivity contribution >= 4 is 5.91 Å². The van der Waals surface area contributed by atoms with Gasteiger partial charge in [-0.05, 0) is 45.5 Å². The lowest BCUT2D eigenvalue weighted by molar-refractivity contribution is -0.126. The summed E-state index contributed by atoms with van der Waals surface area (Å²) in [6.45, 7) is 6.06. The number of carbonyl (C=O) groups is 1. The van der Waals surface area contributed by atoms with Crippen molar-refractivity contribution in [1.29, 1.82) is 0 Å². The van der Waals surface area contributed by atoms with Crippen LogP contribution in [-0.2, 0) is 11.3 Å². The Kier molecular flexibility index (Phi) is 5.30. The molecule has 0 unspecified atom stereocenters. The minimum Gasteiger partial charge on any atom is -0.491 e. The van der Waals surface area contributed by atoms with Gasteiger partial charge in [-0.2, -0.15) is 0 Å². The Hall–Kier alpha value is -1.62. The highest BCUT2D eigenvalue weighted by Gasteiger charge is 2.24. The van der Waals surface area contributed by atoms with E-state index in [1.807, 2.05) is 0 Å². The Bertz CT molecular complexity index is 447. The van der Waals surface area contributed by atoms with Crippen LogP contribution in [0.25, 0.3) is 0 Å². The van der Waals surface area contributed by atoms with Crippen LogP contribution in [0.15, 0.2) is 18.2 Å². The molecule has 19 heavy (non-hydrogen) atoms. The SMILES string of the molecule is CCOc1ccc(CNC(=O)C(C)(C)NC)cc1F. The summed E-state index contributed by atoms with van der Waals surface area (Å²) in [4.78, 5) is 11.8. The number of ether oxygens (including phenoxy) is 1. The summed E-state index contributed by atoms with van der Waals surface area (Å²) >= 11 is 0. The van der Waals surface area contributed by atoms with Crippen molar-refractivity contribution in [2.75, 3.05) is 13.7 Å². The van der Waals surface area contributed by atoms with Gasteiger partial charge in [0.15, 0.2) is 11.6 Å². The number of rotatable bonds is 6. The largest absolute Gasteiger partial charge is 0.491 e. The van der Waals surface area contributed by atoms with Crippen molar-refractivity contribution in [2.45, 2.75) is 32.9 Å². The third-order valence-corrected chi connectivity index (χ3v) is 2.94. The molecule has 1 rings (SSSR count). The molecular weight excluding hydrogens is 247 g/mol. The molecule has 0 heterocycles. The summed E-state index contributed by atoms with van der Waals surface area (Å²) < 4.78 is 18.7. The third-order valence-electron chi connectivity index (χ3n) is 2.94. The number of nitrogens with one attached hydrogen (secondary N) is 2. The predicted molar refractivity (Wildman–Crippen MR) is 72.6 cm³/mol. The van der Waals surface area contributed by atoms with E-state index in [-0.39, 0.29) is 18.2 Å². The normalized spacial score (nSPS) is 11.2. The van der Waals surface area contributed by atoms with E-state index >= 15 is 0 Å². The van der Waals surface area contributed by atoms with E-state index in [2.05, 4.69) is 10.6 Å². The molecule has 0 aliphatic carbocycles. The second-order valence-corrected chi connectivity index (χ2v) is 4.76. The smallest absolute Gasteiger partial charge is 0.239 e. The summed E-state index contributed by atoms with van der Waals surface area (Å²) in [6, 6.07) is 4.68. The molecule has 0 atom stereocenters. The van der Waals surface area contributed by atoms with Crippen LogP contribution >= 0.6 is 0 Å². The zero-order chi connectivity index (χ0) is 14.5. The maximum absolute atomic E-state index is 13.6. The maximum atomic E-state index is 13.6. The van der Waals surface area contributed by atoms with E-state index in [0.29, 0.717) is 12.2 Å². The lowest BCUT2D eigenvalue weighted by Crippen LogP contribution is -2.50. The molecule has 5 heteroatoms. The molecule has 4 nitrogen and oxygen atoms in total.